The van der Waals surface area contributed by atoms with Crippen LogP contribution in [0.25, 0.3) is 0 Å². The molecule has 2 heterocycles. The van der Waals surface area contributed by atoms with Crippen LogP contribution >= 0.6 is 11.8 Å². The van der Waals surface area contributed by atoms with Crippen molar-refractivity contribution in [2.45, 2.75) is 49.0 Å². The molecule has 0 spiro atoms. The number of benzene rings is 2. The first kappa shape index (κ1) is 19.5. The molecule has 2 aromatic rings. The van der Waals surface area contributed by atoms with Gasteiger partial charge in [0.1, 0.15) is 0 Å². The highest BCUT2D eigenvalue weighted by Gasteiger charge is 2.58. The fraction of sp³-hybridized carbons (Fsp3) is 0.318. The van der Waals surface area contributed by atoms with Crippen molar-refractivity contribution >= 4 is 40.9 Å². The van der Waals surface area contributed by atoms with Gasteiger partial charge in [-0.25, -0.2) is 4.79 Å². The van der Waals surface area contributed by atoms with Crippen molar-refractivity contribution in [3.8, 4) is 0 Å². The summed E-state index contributed by atoms with van der Waals surface area (Å²) in [6, 6.07) is 15.0. The van der Waals surface area contributed by atoms with Crippen molar-refractivity contribution in [2.75, 3.05) is 10.2 Å². The lowest BCUT2D eigenvalue weighted by Gasteiger charge is -2.29. The summed E-state index contributed by atoms with van der Waals surface area (Å²) in [5.74, 6) is -1.07. The van der Waals surface area contributed by atoms with Crippen LogP contribution in [0.2, 0.25) is 0 Å². The molecule has 2 amide bonds. The third-order valence-electron chi connectivity index (χ3n) is 5.28. The number of aryl methyl sites for hydroxylation is 1. The van der Waals surface area contributed by atoms with Crippen LogP contribution in [0.15, 0.2) is 53.4 Å². The summed E-state index contributed by atoms with van der Waals surface area (Å²) < 4.78 is 5.53. The number of rotatable bonds is 5. The van der Waals surface area contributed by atoms with Gasteiger partial charge in [0.2, 0.25) is 5.91 Å². The molecule has 2 aliphatic rings. The summed E-state index contributed by atoms with van der Waals surface area (Å²) in [4.78, 5) is 39.3. The molecule has 6 nitrogen and oxygen atoms in total. The van der Waals surface area contributed by atoms with E-state index in [1.165, 1.54) is 29.1 Å². The minimum atomic E-state index is -1.13. The summed E-state index contributed by atoms with van der Waals surface area (Å²) in [6.07, 6.45) is 0.571. The Labute approximate surface area is 173 Å². The van der Waals surface area contributed by atoms with Crippen LogP contribution in [0.5, 0.6) is 0 Å². The number of ether oxygens (including phenoxy) is 1. The number of nitrogens with zero attached hydrogens (tertiary/aromatic N) is 1. The Kier molecular flexibility index (Phi) is 5.08. The Morgan fingerprint density at radius 2 is 1.93 bits per heavy atom. The van der Waals surface area contributed by atoms with Gasteiger partial charge in [-0.05, 0) is 43.2 Å². The number of amides is 2. The van der Waals surface area contributed by atoms with Gasteiger partial charge in [-0.3, -0.25) is 14.5 Å². The quantitative estimate of drug-likeness (QED) is 0.760. The van der Waals surface area contributed by atoms with Crippen molar-refractivity contribution in [3.63, 3.8) is 0 Å². The number of hydrogen-bond donors (Lipinski definition) is 1. The zero-order chi connectivity index (χ0) is 20.6. The summed E-state index contributed by atoms with van der Waals surface area (Å²) >= 11 is 1.33. The maximum Gasteiger partial charge on any atom is 0.344 e. The molecule has 2 aromatic carbocycles. The minimum Gasteiger partial charge on any atom is -0.450 e. The molecule has 0 aliphatic carbocycles. The first-order valence-electron chi connectivity index (χ1n) is 9.66. The van der Waals surface area contributed by atoms with E-state index in [2.05, 4.69) is 12.2 Å². The lowest BCUT2D eigenvalue weighted by Crippen LogP contribution is -2.49. The molecule has 0 unspecified atom stereocenters. The standard InChI is InChI=1S/C22H22N2O4S/c1-3-15-8-10-16(11-9-15)23-20(26)14(2)28-21(27)22-13-12-19(25)24(22)17-6-4-5-7-18(17)29-22/h4-11,14H,3,12-13H2,1-2H3,(H,23,26)/t14-,22-/m0/s1. The van der Waals surface area contributed by atoms with Crippen LogP contribution < -0.4 is 10.2 Å². The fourth-order valence-corrected chi connectivity index (χ4v) is 5.05. The molecule has 4 rings (SSSR count). The van der Waals surface area contributed by atoms with E-state index < -0.39 is 22.9 Å². The average Bonchev–Trinajstić information content (AvgIpc) is 3.24. The predicted molar refractivity (Wildman–Crippen MR) is 112 cm³/mol. The Morgan fingerprint density at radius 1 is 1.21 bits per heavy atom. The fourth-order valence-electron chi connectivity index (χ4n) is 3.65. The number of esters is 1. The van der Waals surface area contributed by atoms with Gasteiger partial charge < -0.3 is 10.1 Å². The van der Waals surface area contributed by atoms with Crippen LogP contribution in [0.1, 0.15) is 32.3 Å². The van der Waals surface area contributed by atoms with E-state index in [0.717, 1.165) is 17.0 Å². The maximum atomic E-state index is 13.1. The molecule has 2 aliphatic heterocycles. The van der Waals surface area contributed by atoms with E-state index >= 15 is 0 Å². The number of thioether (sulfide) groups is 1. The zero-order valence-corrected chi connectivity index (χ0v) is 17.1. The topological polar surface area (TPSA) is 75.7 Å². The van der Waals surface area contributed by atoms with Crippen LogP contribution in [-0.4, -0.2) is 28.8 Å². The molecule has 1 saturated heterocycles. The van der Waals surface area contributed by atoms with Gasteiger partial charge in [0.25, 0.3) is 5.91 Å². The first-order chi connectivity index (χ1) is 13.9. The molecule has 0 radical (unpaired) electrons. The highest BCUT2D eigenvalue weighted by atomic mass is 32.2. The van der Waals surface area contributed by atoms with Crippen molar-refractivity contribution in [1.82, 2.24) is 0 Å². The number of fused-ring (bicyclic) bond motifs is 3. The smallest absolute Gasteiger partial charge is 0.344 e. The zero-order valence-electron chi connectivity index (χ0n) is 16.3. The Morgan fingerprint density at radius 3 is 2.66 bits per heavy atom. The summed E-state index contributed by atoms with van der Waals surface area (Å²) in [7, 11) is 0. The second kappa shape index (κ2) is 7.55. The molecular formula is C22H22N2O4S. The number of hydrogen-bond acceptors (Lipinski definition) is 5. The highest BCUT2D eigenvalue weighted by molar-refractivity contribution is 8.02. The molecule has 1 fully saturated rings. The second-order valence-electron chi connectivity index (χ2n) is 7.17. The third kappa shape index (κ3) is 3.40. The third-order valence-corrected chi connectivity index (χ3v) is 6.73. The van der Waals surface area contributed by atoms with Gasteiger partial charge >= 0.3 is 5.97 Å². The molecule has 1 N–H and O–H groups in total. The molecule has 7 heteroatoms. The van der Waals surface area contributed by atoms with Crippen molar-refractivity contribution in [3.05, 3.63) is 54.1 Å². The summed E-state index contributed by atoms with van der Waals surface area (Å²) in [6.45, 7) is 3.60. The van der Waals surface area contributed by atoms with Crippen LogP contribution in [0, 0.1) is 0 Å². The van der Waals surface area contributed by atoms with Gasteiger partial charge in [0, 0.05) is 23.4 Å². The van der Waals surface area contributed by atoms with Crippen LogP contribution in [0.3, 0.4) is 0 Å². The maximum absolute atomic E-state index is 13.1. The number of para-hydroxylation sites is 1. The van der Waals surface area contributed by atoms with E-state index in [1.807, 2.05) is 48.5 Å². The number of nitrogens with one attached hydrogen (secondary N) is 1. The van der Waals surface area contributed by atoms with Gasteiger partial charge in [0.15, 0.2) is 11.0 Å². The molecule has 150 valence electrons. The SMILES string of the molecule is CCc1ccc(NC(=O)[C@H](C)OC(=O)[C@@]23CCC(=O)N2c2ccccc2S3)cc1. The average molecular weight is 410 g/mol. The lowest BCUT2D eigenvalue weighted by molar-refractivity contribution is -0.155. The van der Waals surface area contributed by atoms with E-state index in [0.29, 0.717) is 12.1 Å². The largest absolute Gasteiger partial charge is 0.450 e. The van der Waals surface area contributed by atoms with Crippen molar-refractivity contribution in [1.29, 1.82) is 0 Å². The lowest BCUT2D eigenvalue weighted by atomic mass is 10.1. The van der Waals surface area contributed by atoms with Crippen LogP contribution in [-0.2, 0) is 25.5 Å². The Hall–Kier alpha value is -2.80. The summed E-state index contributed by atoms with van der Waals surface area (Å²) in [5.41, 5.74) is 2.55. The molecule has 0 aromatic heterocycles. The van der Waals surface area contributed by atoms with Crippen molar-refractivity contribution < 1.29 is 19.1 Å². The Bertz CT molecular complexity index is 975. The molecule has 0 bridgehead atoms. The molecule has 29 heavy (non-hydrogen) atoms. The highest BCUT2D eigenvalue weighted by Crippen LogP contribution is 2.56. The Balaban J connectivity index is 1.47. The molecule has 2 atom stereocenters. The van der Waals surface area contributed by atoms with Gasteiger partial charge in [-0.15, -0.1) is 0 Å². The van der Waals surface area contributed by atoms with E-state index in [1.54, 1.807) is 0 Å². The second-order valence-corrected chi connectivity index (χ2v) is 8.49. The monoisotopic (exact) mass is 410 g/mol. The van der Waals surface area contributed by atoms with Gasteiger partial charge in [0.05, 0.1) is 5.69 Å². The number of anilines is 2. The molecule has 0 saturated carbocycles. The van der Waals surface area contributed by atoms with Gasteiger partial charge in [-0.2, -0.15) is 0 Å². The molecular weight excluding hydrogens is 388 g/mol. The number of carbonyl (C=O) groups is 3. The van der Waals surface area contributed by atoms with E-state index in [9.17, 15) is 14.4 Å². The minimum absolute atomic E-state index is 0.104. The predicted octanol–water partition coefficient (Wildman–Crippen LogP) is 3.75. The van der Waals surface area contributed by atoms with Crippen molar-refractivity contribution in [2.24, 2.45) is 0 Å². The van der Waals surface area contributed by atoms with E-state index in [-0.39, 0.29) is 12.3 Å². The normalized spacial score (nSPS) is 20.8. The number of carbonyl (C=O) groups excluding carboxylic acids is 3. The first-order valence-corrected chi connectivity index (χ1v) is 10.5. The van der Waals surface area contributed by atoms with E-state index in [4.69, 9.17) is 4.74 Å². The van der Waals surface area contributed by atoms with Crippen LogP contribution in [0.4, 0.5) is 11.4 Å². The summed E-state index contributed by atoms with van der Waals surface area (Å²) in [5, 5.41) is 2.77. The van der Waals surface area contributed by atoms with Gasteiger partial charge in [-0.1, -0.05) is 43.0 Å².